The molecule has 3 aromatic rings. The number of hydrogen-bond acceptors (Lipinski definition) is 3. The molecular formula is C26H31N4O3+. The van der Waals surface area contributed by atoms with Crippen molar-refractivity contribution in [2.24, 2.45) is 0 Å². The molecule has 3 heterocycles. The van der Waals surface area contributed by atoms with Gasteiger partial charge in [-0.2, -0.15) is 0 Å². The van der Waals surface area contributed by atoms with Crippen molar-refractivity contribution in [3.8, 4) is 5.75 Å². The molecule has 0 radical (unpaired) electrons. The fraction of sp³-hybridized carbons (Fsp3) is 0.385. The highest BCUT2D eigenvalue weighted by atomic mass is 16.5. The average molecular weight is 448 g/mol. The summed E-state index contributed by atoms with van der Waals surface area (Å²) in [6.07, 6.45) is 1.41. The Morgan fingerprint density at radius 1 is 1.12 bits per heavy atom. The number of hydrogen-bond donors (Lipinski definition) is 2. The van der Waals surface area contributed by atoms with Crippen molar-refractivity contribution in [1.29, 1.82) is 0 Å². The molecule has 2 atom stereocenters. The fourth-order valence-corrected chi connectivity index (χ4v) is 5.29. The van der Waals surface area contributed by atoms with E-state index in [9.17, 15) is 9.59 Å². The molecule has 2 amide bonds. The van der Waals surface area contributed by atoms with E-state index in [-0.39, 0.29) is 24.4 Å². The van der Waals surface area contributed by atoms with Gasteiger partial charge in [-0.25, -0.2) is 0 Å². The molecule has 0 bridgehead atoms. The quantitative estimate of drug-likeness (QED) is 0.600. The SMILES string of the molecule is COc1cccc([C@@H]2c3[nH]c4ccccc4c3C[C@H]3C(=O)N(CCC[NH+](C)C)CC(=O)N23)c1. The molecule has 2 aliphatic heterocycles. The number of fused-ring (bicyclic) bond motifs is 4. The molecule has 0 saturated carbocycles. The van der Waals surface area contributed by atoms with Crippen LogP contribution in [0.25, 0.3) is 10.9 Å². The van der Waals surface area contributed by atoms with Gasteiger partial charge in [0.25, 0.3) is 0 Å². The number of aromatic amines is 1. The lowest BCUT2D eigenvalue weighted by atomic mass is 9.86. The zero-order valence-corrected chi connectivity index (χ0v) is 19.4. The molecule has 0 unspecified atom stereocenters. The second-order valence-electron chi connectivity index (χ2n) is 9.33. The van der Waals surface area contributed by atoms with E-state index >= 15 is 0 Å². The molecule has 5 rings (SSSR count). The maximum Gasteiger partial charge on any atom is 0.246 e. The summed E-state index contributed by atoms with van der Waals surface area (Å²) < 4.78 is 5.47. The van der Waals surface area contributed by atoms with E-state index in [1.54, 1.807) is 12.0 Å². The standard InChI is InChI=1S/C26H30N4O3/c1-28(2)12-7-13-29-16-23(31)30-22(26(29)32)15-20-19-10-4-5-11-21(19)27-24(20)25(30)17-8-6-9-18(14-17)33-3/h4-6,8-11,14,22,25,27H,7,12-13,15-16H2,1-3H3/p+1/t22-,25+/m0/s1. The zero-order chi connectivity index (χ0) is 23.1. The predicted molar refractivity (Wildman–Crippen MR) is 126 cm³/mol. The number of para-hydroxylation sites is 1. The van der Waals surface area contributed by atoms with Gasteiger partial charge in [-0.1, -0.05) is 30.3 Å². The summed E-state index contributed by atoms with van der Waals surface area (Å²) in [5.41, 5.74) is 4.09. The van der Waals surface area contributed by atoms with Crippen molar-refractivity contribution in [2.75, 3.05) is 40.8 Å². The molecule has 33 heavy (non-hydrogen) atoms. The number of methoxy groups -OCH3 is 1. The van der Waals surface area contributed by atoms with Crippen LogP contribution in [0, 0.1) is 0 Å². The Kier molecular flexibility index (Phi) is 5.58. The topological polar surface area (TPSA) is 70.1 Å². The van der Waals surface area contributed by atoms with Gasteiger partial charge in [0.15, 0.2) is 0 Å². The molecule has 2 aliphatic rings. The van der Waals surface area contributed by atoms with E-state index in [0.717, 1.165) is 46.4 Å². The Morgan fingerprint density at radius 2 is 1.94 bits per heavy atom. The molecule has 2 N–H and O–H groups in total. The van der Waals surface area contributed by atoms with Crippen LogP contribution in [0.1, 0.15) is 29.3 Å². The zero-order valence-electron chi connectivity index (χ0n) is 19.4. The number of carbonyl (C=O) groups is 2. The van der Waals surface area contributed by atoms with Crippen LogP contribution in [0.3, 0.4) is 0 Å². The summed E-state index contributed by atoms with van der Waals surface area (Å²) in [6, 6.07) is 15.1. The van der Waals surface area contributed by atoms with Gasteiger partial charge in [0.1, 0.15) is 11.8 Å². The van der Waals surface area contributed by atoms with Gasteiger partial charge in [-0.3, -0.25) is 9.59 Å². The first-order valence-corrected chi connectivity index (χ1v) is 11.6. The third kappa shape index (κ3) is 3.76. The number of quaternary nitrogens is 1. The maximum atomic E-state index is 13.6. The smallest absolute Gasteiger partial charge is 0.246 e. The van der Waals surface area contributed by atoms with Crippen LogP contribution in [0.2, 0.25) is 0 Å². The summed E-state index contributed by atoms with van der Waals surface area (Å²) in [5.74, 6) is 0.775. The van der Waals surface area contributed by atoms with Gasteiger partial charge in [0.2, 0.25) is 11.8 Å². The van der Waals surface area contributed by atoms with Crippen molar-refractivity contribution in [1.82, 2.24) is 14.8 Å². The summed E-state index contributed by atoms with van der Waals surface area (Å²) in [6.45, 7) is 1.71. The second kappa shape index (κ2) is 8.56. The van der Waals surface area contributed by atoms with Gasteiger partial charge < -0.3 is 24.4 Å². The molecule has 1 saturated heterocycles. The summed E-state index contributed by atoms with van der Waals surface area (Å²) in [7, 11) is 5.84. The Balaban J connectivity index is 1.59. The van der Waals surface area contributed by atoms with Gasteiger partial charge >= 0.3 is 0 Å². The minimum absolute atomic E-state index is 0.00562. The number of carbonyl (C=O) groups excluding carboxylic acids is 2. The number of benzene rings is 2. The highest BCUT2D eigenvalue weighted by Crippen LogP contribution is 2.43. The normalized spacial score (nSPS) is 20.4. The van der Waals surface area contributed by atoms with E-state index in [1.165, 1.54) is 4.90 Å². The van der Waals surface area contributed by atoms with E-state index in [1.807, 2.05) is 41.3 Å². The van der Waals surface area contributed by atoms with Crippen LogP contribution >= 0.6 is 0 Å². The molecule has 7 heteroatoms. The van der Waals surface area contributed by atoms with E-state index in [4.69, 9.17) is 4.74 Å². The number of aromatic nitrogens is 1. The third-order valence-corrected chi connectivity index (χ3v) is 6.86. The molecule has 1 aromatic heterocycles. The van der Waals surface area contributed by atoms with Gasteiger partial charge in [0.05, 0.1) is 40.3 Å². The van der Waals surface area contributed by atoms with E-state index < -0.39 is 6.04 Å². The monoisotopic (exact) mass is 447 g/mol. The Hall–Kier alpha value is -3.32. The van der Waals surface area contributed by atoms with Gasteiger partial charge in [-0.15, -0.1) is 0 Å². The minimum atomic E-state index is -0.499. The second-order valence-corrected chi connectivity index (χ2v) is 9.33. The molecule has 2 aromatic carbocycles. The number of piperazine rings is 1. The molecule has 7 nitrogen and oxygen atoms in total. The lowest BCUT2D eigenvalue weighted by Crippen LogP contribution is -3.05. The van der Waals surface area contributed by atoms with Crippen LogP contribution in [0.4, 0.5) is 0 Å². The molecular weight excluding hydrogens is 416 g/mol. The first-order valence-electron chi connectivity index (χ1n) is 11.6. The predicted octanol–water partition coefficient (Wildman–Crippen LogP) is 1.40. The average Bonchev–Trinajstić information content (AvgIpc) is 3.19. The van der Waals surface area contributed by atoms with E-state index in [0.29, 0.717) is 13.0 Å². The van der Waals surface area contributed by atoms with Crippen LogP contribution < -0.4 is 9.64 Å². The Bertz CT molecular complexity index is 1200. The van der Waals surface area contributed by atoms with Crippen LogP contribution in [0.5, 0.6) is 5.75 Å². The number of ether oxygens (including phenoxy) is 1. The molecule has 1 fully saturated rings. The number of amides is 2. The number of nitrogens with one attached hydrogen (secondary N) is 2. The number of H-pyrrole nitrogens is 1. The number of nitrogens with zero attached hydrogens (tertiary/aromatic N) is 2. The summed E-state index contributed by atoms with van der Waals surface area (Å²) in [5, 5.41) is 1.12. The van der Waals surface area contributed by atoms with Crippen molar-refractivity contribution in [3.05, 3.63) is 65.4 Å². The summed E-state index contributed by atoms with van der Waals surface area (Å²) in [4.78, 5) is 35.6. The van der Waals surface area contributed by atoms with Crippen molar-refractivity contribution < 1.29 is 19.2 Å². The molecule has 0 spiro atoms. The maximum absolute atomic E-state index is 13.6. The number of rotatable bonds is 6. The lowest BCUT2D eigenvalue weighted by molar-refractivity contribution is -0.858. The van der Waals surface area contributed by atoms with Gasteiger partial charge in [-0.05, 0) is 29.3 Å². The highest BCUT2D eigenvalue weighted by Gasteiger charge is 2.48. The largest absolute Gasteiger partial charge is 0.497 e. The van der Waals surface area contributed by atoms with Crippen molar-refractivity contribution in [3.63, 3.8) is 0 Å². The molecule has 0 aliphatic carbocycles. The summed E-state index contributed by atoms with van der Waals surface area (Å²) >= 11 is 0. The first kappa shape index (κ1) is 21.5. The van der Waals surface area contributed by atoms with Crippen molar-refractivity contribution >= 4 is 22.7 Å². The van der Waals surface area contributed by atoms with E-state index in [2.05, 4.69) is 31.2 Å². The Morgan fingerprint density at radius 3 is 2.73 bits per heavy atom. The fourth-order valence-electron chi connectivity index (χ4n) is 5.29. The van der Waals surface area contributed by atoms with Gasteiger partial charge in [0, 0.05) is 36.0 Å². The van der Waals surface area contributed by atoms with Crippen LogP contribution in [-0.4, -0.2) is 73.5 Å². The minimum Gasteiger partial charge on any atom is -0.497 e. The lowest BCUT2D eigenvalue weighted by Gasteiger charge is -2.47. The third-order valence-electron chi connectivity index (χ3n) is 6.86. The van der Waals surface area contributed by atoms with Crippen molar-refractivity contribution in [2.45, 2.75) is 24.9 Å². The Labute approximate surface area is 193 Å². The highest BCUT2D eigenvalue weighted by molar-refractivity contribution is 5.97. The van der Waals surface area contributed by atoms with Crippen LogP contribution in [-0.2, 0) is 16.0 Å². The van der Waals surface area contributed by atoms with Crippen LogP contribution in [0.15, 0.2) is 48.5 Å². The first-order chi connectivity index (χ1) is 16.0. The molecule has 172 valence electrons.